The van der Waals surface area contributed by atoms with Crippen molar-refractivity contribution in [1.82, 2.24) is 9.80 Å². The number of carbonyl (C=O) groups is 1. The molecule has 1 amide bonds. The molecule has 2 heterocycles. The summed E-state index contributed by atoms with van der Waals surface area (Å²) < 4.78 is 23.3. The van der Waals surface area contributed by atoms with Gasteiger partial charge in [0.25, 0.3) is 0 Å². The number of nitrogens with two attached hydrogens (primary N) is 1. The Bertz CT molecular complexity index is 528. The van der Waals surface area contributed by atoms with Crippen LogP contribution < -0.4 is 5.73 Å². The van der Waals surface area contributed by atoms with E-state index in [1.54, 1.807) is 4.90 Å². The van der Waals surface area contributed by atoms with Crippen LogP contribution in [0.3, 0.4) is 0 Å². The van der Waals surface area contributed by atoms with Gasteiger partial charge in [0, 0.05) is 19.1 Å². The quantitative estimate of drug-likeness (QED) is 0.765. The molecule has 3 atom stereocenters. The molecule has 2 saturated heterocycles. The molecule has 136 valence electrons. The Hall–Kier alpha value is -0.370. The fraction of sp³-hybridized carbons (Fsp3) is 0.933. The number of likely N-dealkylation sites (N-methyl/N-ethyl adjacent to an activating group) is 1. The molecule has 3 unspecified atom stereocenters. The summed E-state index contributed by atoms with van der Waals surface area (Å²) in [7, 11) is -2.98. The third-order valence-electron chi connectivity index (χ3n) is 5.26. The van der Waals surface area contributed by atoms with Gasteiger partial charge in [0.1, 0.15) is 0 Å². The lowest BCUT2D eigenvalue weighted by molar-refractivity contribution is -0.137. The predicted molar refractivity (Wildman–Crippen MR) is 94.5 cm³/mol. The van der Waals surface area contributed by atoms with Crippen LogP contribution in [0.2, 0.25) is 0 Å². The second kappa shape index (κ2) is 7.68. The molecule has 0 bridgehead atoms. The number of nitrogens with zero attached hydrogens (tertiary/aromatic N) is 2. The van der Waals surface area contributed by atoms with Crippen molar-refractivity contribution in [3.8, 4) is 0 Å². The summed E-state index contributed by atoms with van der Waals surface area (Å²) in [4.78, 5) is 16.8. The van der Waals surface area contributed by atoms with Crippen molar-refractivity contribution in [3.05, 3.63) is 0 Å². The van der Waals surface area contributed by atoms with Gasteiger partial charge in [0.05, 0.1) is 17.5 Å². The molecule has 0 aromatic rings. The minimum absolute atomic E-state index is 0. The van der Waals surface area contributed by atoms with E-state index in [2.05, 4.69) is 11.8 Å². The molecule has 2 N–H and O–H groups in total. The Labute approximate surface area is 146 Å². The Kier molecular flexibility index (Phi) is 6.90. The van der Waals surface area contributed by atoms with Crippen LogP contribution >= 0.6 is 12.4 Å². The smallest absolute Gasteiger partial charge is 0.239 e. The standard InChI is InChI=1S/C15H29N3O3S.ClH/c1-4-18(13-5-8-22(20,21)9-13)14(19)12(2)17-7-6-15(3,10-16)11-17;/h12-13H,4-11,16H2,1-3H3;1H. The molecule has 2 fully saturated rings. The molecule has 0 radical (unpaired) electrons. The average molecular weight is 368 g/mol. The molecular weight excluding hydrogens is 338 g/mol. The molecule has 0 aromatic carbocycles. The minimum atomic E-state index is -2.98. The van der Waals surface area contributed by atoms with Gasteiger partial charge in [-0.25, -0.2) is 8.42 Å². The third-order valence-corrected chi connectivity index (χ3v) is 7.01. The Balaban J connectivity index is 0.00000264. The van der Waals surface area contributed by atoms with Gasteiger partial charge >= 0.3 is 0 Å². The number of hydrogen-bond donors (Lipinski definition) is 1. The summed E-state index contributed by atoms with van der Waals surface area (Å²) in [6.45, 7) is 8.90. The molecule has 0 aromatic heterocycles. The number of rotatable bonds is 5. The SMILES string of the molecule is CCN(C(=O)C(C)N1CCC(C)(CN)C1)C1CCS(=O)(=O)C1.Cl. The van der Waals surface area contributed by atoms with Crippen LogP contribution in [0.4, 0.5) is 0 Å². The van der Waals surface area contributed by atoms with Crippen molar-refractivity contribution < 1.29 is 13.2 Å². The van der Waals surface area contributed by atoms with Gasteiger partial charge in [-0.1, -0.05) is 6.92 Å². The minimum Gasteiger partial charge on any atom is -0.338 e. The van der Waals surface area contributed by atoms with Crippen molar-refractivity contribution in [2.75, 3.05) is 37.7 Å². The molecule has 0 saturated carbocycles. The van der Waals surface area contributed by atoms with Crippen LogP contribution in [0, 0.1) is 5.41 Å². The first kappa shape index (κ1) is 20.7. The highest BCUT2D eigenvalue weighted by molar-refractivity contribution is 7.91. The maximum atomic E-state index is 12.8. The van der Waals surface area contributed by atoms with E-state index in [1.165, 1.54) is 0 Å². The van der Waals surface area contributed by atoms with Gasteiger partial charge in [0.2, 0.25) is 5.91 Å². The molecule has 8 heteroatoms. The zero-order chi connectivity index (χ0) is 16.5. The van der Waals surface area contributed by atoms with Crippen molar-refractivity contribution in [1.29, 1.82) is 0 Å². The summed E-state index contributed by atoms with van der Waals surface area (Å²) in [5.74, 6) is 0.357. The first-order valence-electron chi connectivity index (χ1n) is 8.16. The van der Waals surface area contributed by atoms with E-state index in [1.807, 2.05) is 13.8 Å². The zero-order valence-corrected chi connectivity index (χ0v) is 16.0. The molecule has 2 rings (SSSR count). The third kappa shape index (κ3) is 4.59. The van der Waals surface area contributed by atoms with Gasteiger partial charge in [-0.15, -0.1) is 12.4 Å². The summed E-state index contributed by atoms with van der Waals surface area (Å²) in [5.41, 5.74) is 5.92. The molecule has 23 heavy (non-hydrogen) atoms. The number of sulfone groups is 1. The molecule has 0 spiro atoms. The Morgan fingerprint density at radius 2 is 2.13 bits per heavy atom. The molecule has 0 aliphatic carbocycles. The highest BCUT2D eigenvalue weighted by Gasteiger charge is 2.40. The van der Waals surface area contributed by atoms with Crippen LogP contribution in [0.15, 0.2) is 0 Å². The van der Waals surface area contributed by atoms with E-state index in [0.717, 1.165) is 19.5 Å². The monoisotopic (exact) mass is 367 g/mol. The summed E-state index contributed by atoms with van der Waals surface area (Å²) in [5, 5.41) is 0. The van der Waals surface area contributed by atoms with Crippen molar-refractivity contribution >= 4 is 28.2 Å². The van der Waals surface area contributed by atoms with Gasteiger partial charge in [-0.3, -0.25) is 9.69 Å². The topological polar surface area (TPSA) is 83.7 Å². The van der Waals surface area contributed by atoms with E-state index >= 15 is 0 Å². The predicted octanol–water partition coefficient (Wildman–Crippen LogP) is 0.503. The number of amides is 1. The van der Waals surface area contributed by atoms with Gasteiger partial charge < -0.3 is 10.6 Å². The van der Waals surface area contributed by atoms with Crippen molar-refractivity contribution in [2.24, 2.45) is 11.1 Å². The fourth-order valence-corrected chi connectivity index (χ4v) is 5.30. The highest BCUT2D eigenvalue weighted by Crippen LogP contribution is 2.30. The number of carbonyl (C=O) groups excluding carboxylic acids is 1. The van der Waals surface area contributed by atoms with Crippen LogP contribution in [-0.2, 0) is 14.6 Å². The van der Waals surface area contributed by atoms with Crippen molar-refractivity contribution in [3.63, 3.8) is 0 Å². The van der Waals surface area contributed by atoms with Crippen LogP contribution in [0.5, 0.6) is 0 Å². The normalized spacial score (nSPS) is 31.6. The first-order valence-corrected chi connectivity index (χ1v) is 9.98. The lowest BCUT2D eigenvalue weighted by atomic mass is 9.90. The molecular formula is C15H30ClN3O3S. The maximum Gasteiger partial charge on any atom is 0.239 e. The van der Waals surface area contributed by atoms with E-state index in [-0.39, 0.29) is 47.3 Å². The van der Waals surface area contributed by atoms with Crippen molar-refractivity contribution in [2.45, 2.75) is 45.7 Å². The second-order valence-corrected chi connectivity index (χ2v) is 9.32. The fourth-order valence-electron chi connectivity index (χ4n) is 3.57. The maximum absolute atomic E-state index is 12.8. The van der Waals surface area contributed by atoms with Crippen LogP contribution in [-0.4, -0.2) is 73.9 Å². The van der Waals surface area contributed by atoms with E-state index < -0.39 is 9.84 Å². The number of likely N-dealkylation sites (tertiary alicyclic amines) is 1. The summed E-state index contributed by atoms with van der Waals surface area (Å²) in [6, 6.07) is -0.370. The largest absolute Gasteiger partial charge is 0.338 e. The lowest BCUT2D eigenvalue weighted by Gasteiger charge is -2.33. The molecule has 6 nitrogen and oxygen atoms in total. The van der Waals surface area contributed by atoms with Gasteiger partial charge in [-0.05, 0) is 45.2 Å². The summed E-state index contributed by atoms with van der Waals surface area (Å²) in [6.07, 6.45) is 1.57. The number of halogens is 1. The lowest BCUT2D eigenvalue weighted by Crippen LogP contribution is -2.51. The van der Waals surface area contributed by atoms with E-state index in [4.69, 9.17) is 5.73 Å². The molecule has 2 aliphatic heterocycles. The van der Waals surface area contributed by atoms with E-state index in [0.29, 0.717) is 19.5 Å². The Morgan fingerprint density at radius 1 is 1.48 bits per heavy atom. The average Bonchev–Trinajstić information content (AvgIpc) is 3.03. The summed E-state index contributed by atoms with van der Waals surface area (Å²) >= 11 is 0. The molecule has 2 aliphatic rings. The van der Waals surface area contributed by atoms with Gasteiger partial charge in [-0.2, -0.15) is 0 Å². The van der Waals surface area contributed by atoms with Crippen LogP contribution in [0.25, 0.3) is 0 Å². The first-order chi connectivity index (χ1) is 10.2. The highest BCUT2D eigenvalue weighted by atomic mass is 35.5. The zero-order valence-electron chi connectivity index (χ0n) is 14.3. The van der Waals surface area contributed by atoms with Gasteiger partial charge in [0.15, 0.2) is 9.84 Å². The second-order valence-electron chi connectivity index (χ2n) is 7.09. The Morgan fingerprint density at radius 3 is 2.57 bits per heavy atom. The van der Waals surface area contributed by atoms with Crippen LogP contribution in [0.1, 0.15) is 33.6 Å². The number of hydrogen-bond acceptors (Lipinski definition) is 5. The van der Waals surface area contributed by atoms with E-state index in [9.17, 15) is 13.2 Å².